The van der Waals surface area contributed by atoms with Crippen molar-refractivity contribution in [1.82, 2.24) is 16.0 Å². The minimum atomic E-state index is -1.24. The number of carboxylic acids is 1. The molecular weight excluding hydrogens is 460 g/mol. The maximum atomic E-state index is 13.2. The number of amides is 3. The van der Waals surface area contributed by atoms with E-state index >= 15 is 0 Å². The van der Waals surface area contributed by atoms with Crippen LogP contribution in [0.5, 0.6) is 5.75 Å². The van der Waals surface area contributed by atoms with Gasteiger partial charge in [0.15, 0.2) is 0 Å². The second kappa shape index (κ2) is 13.8. The van der Waals surface area contributed by atoms with Crippen molar-refractivity contribution in [3.8, 4) is 5.75 Å². The van der Waals surface area contributed by atoms with E-state index in [9.17, 15) is 29.4 Å². The predicted octanol–water partition coefficient (Wildman–Crippen LogP) is 0.433. The minimum absolute atomic E-state index is 0.0569. The molecule has 4 unspecified atom stereocenters. The molecule has 0 bridgehead atoms. The minimum Gasteiger partial charge on any atom is -0.508 e. The summed E-state index contributed by atoms with van der Waals surface area (Å²) < 4.78 is 0. The monoisotopic (exact) mass is 496 g/mol. The Morgan fingerprint density at radius 3 is 1.94 bits per heavy atom. The molecule has 0 saturated heterocycles. The number of nitrogens with two attached hydrogens (primary N) is 1. The maximum absolute atomic E-state index is 13.2. The Bertz CT molecular complexity index is 846. The van der Waals surface area contributed by atoms with Gasteiger partial charge in [-0.25, -0.2) is 4.79 Å². The Morgan fingerprint density at radius 2 is 1.47 bits per heavy atom. The second-order valence-electron chi connectivity index (χ2n) is 8.98. The highest BCUT2D eigenvalue weighted by Gasteiger charge is 2.31. The van der Waals surface area contributed by atoms with Gasteiger partial charge in [0.05, 0.1) is 6.04 Å². The highest BCUT2D eigenvalue weighted by Crippen LogP contribution is 2.13. The number of carbonyl (C=O) groups excluding carboxylic acids is 3. The van der Waals surface area contributed by atoms with Crippen LogP contribution in [0.4, 0.5) is 0 Å². The first-order chi connectivity index (χ1) is 15.8. The first kappa shape index (κ1) is 29.2. The predicted molar refractivity (Wildman–Crippen MR) is 131 cm³/mol. The van der Waals surface area contributed by atoms with Gasteiger partial charge in [0.25, 0.3) is 0 Å². The Hall–Kier alpha value is -2.79. The lowest BCUT2D eigenvalue weighted by molar-refractivity contribution is -0.142. The normalized spacial score (nSPS) is 14.7. The number of aromatic hydroxyl groups is 1. The molecule has 1 rings (SSSR count). The largest absolute Gasteiger partial charge is 0.508 e. The Balaban J connectivity index is 3.08. The third-order valence-corrected chi connectivity index (χ3v) is 5.48. The third kappa shape index (κ3) is 9.60. The number of aliphatic carboxylic acids is 1. The van der Waals surface area contributed by atoms with E-state index in [2.05, 4.69) is 28.6 Å². The molecule has 3 amide bonds. The molecule has 0 saturated carbocycles. The molecule has 1 aromatic rings. The van der Waals surface area contributed by atoms with Crippen molar-refractivity contribution in [3.05, 3.63) is 29.8 Å². The number of nitrogens with one attached hydrogen (secondary N) is 3. The van der Waals surface area contributed by atoms with Gasteiger partial charge < -0.3 is 31.9 Å². The fourth-order valence-electron chi connectivity index (χ4n) is 3.21. The van der Waals surface area contributed by atoms with Gasteiger partial charge in [0.2, 0.25) is 17.7 Å². The van der Waals surface area contributed by atoms with Crippen LogP contribution in [0.25, 0.3) is 0 Å². The van der Waals surface area contributed by atoms with E-state index in [0.29, 0.717) is 12.0 Å². The molecule has 4 atom stereocenters. The molecule has 11 heteroatoms. The molecule has 0 spiro atoms. The number of hydrogen-bond acceptors (Lipinski definition) is 7. The fourth-order valence-corrected chi connectivity index (χ4v) is 3.45. The van der Waals surface area contributed by atoms with Gasteiger partial charge in [-0.3, -0.25) is 14.4 Å². The first-order valence-corrected chi connectivity index (χ1v) is 11.8. The van der Waals surface area contributed by atoms with E-state index in [1.165, 1.54) is 12.1 Å². The summed E-state index contributed by atoms with van der Waals surface area (Å²) in [6.45, 7) is 7.25. The molecular formula is C23H36N4O6S. The maximum Gasteiger partial charge on any atom is 0.327 e. The lowest BCUT2D eigenvalue weighted by Crippen LogP contribution is -2.59. The van der Waals surface area contributed by atoms with Crippen LogP contribution >= 0.6 is 12.6 Å². The van der Waals surface area contributed by atoms with Crippen molar-refractivity contribution in [1.29, 1.82) is 0 Å². The fraction of sp³-hybridized carbons (Fsp3) is 0.565. The Morgan fingerprint density at radius 1 is 0.912 bits per heavy atom. The zero-order valence-corrected chi connectivity index (χ0v) is 20.8. The molecule has 1 aromatic carbocycles. The molecule has 0 aliphatic heterocycles. The summed E-state index contributed by atoms with van der Waals surface area (Å²) >= 11 is 3.94. The lowest BCUT2D eigenvalue weighted by atomic mass is 9.99. The zero-order chi connectivity index (χ0) is 26.0. The van der Waals surface area contributed by atoms with E-state index in [-0.39, 0.29) is 29.8 Å². The van der Waals surface area contributed by atoms with Crippen molar-refractivity contribution in [2.45, 2.75) is 64.7 Å². The number of phenols is 1. The molecule has 0 aliphatic carbocycles. The van der Waals surface area contributed by atoms with Crippen LogP contribution in [0.3, 0.4) is 0 Å². The average molecular weight is 497 g/mol. The van der Waals surface area contributed by atoms with Crippen LogP contribution < -0.4 is 21.7 Å². The third-order valence-electron chi connectivity index (χ3n) is 5.12. The van der Waals surface area contributed by atoms with Gasteiger partial charge in [-0.1, -0.05) is 39.8 Å². The van der Waals surface area contributed by atoms with Crippen LogP contribution in [-0.4, -0.2) is 63.8 Å². The molecule has 0 aromatic heterocycles. The highest BCUT2D eigenvalue weighted by molar-refractivity contribution is 7.80. The number of carboxylic acid groups (broad SMARTS) is 1. The Labute approximate surface area is 205 Å². The van der Waals surface area contributed by atoms with Gasteiger partial charge in [-0.2, -0.15) is 12.6 Å². The van der Waals surface area contributed by atoms with E-state index < -0.39 is 47.9 Å². The Kier molecular flexibility index (Phi) is 11.9. The molecule has 7 N–H and O–H groups in total. The van der Waals surface area contributed by atoms with Crippen LogP contribution in [0.2, 0.25) is 0 Å². The SMILES string of the molecule is CC(C)CC(N)C(=O)NC(Cc1ccc(O)cc1)C(=O)NC(C(=O)NC(CS)C(=O)O)C(C)C. The quantitative estimate of drug-likeness (QED) is 0.194. The standard InChI is InChI=1S/C23H36N4O6S/c1-12(2)9-16(24)20(29)25-17(10-14-5-7-15(28)8-6-14)21(30)27-19(13(3)4)22(31)26-18(11-34)23(32)33/h5-8,12-13,16-19,28,34H,9-11,24H2,1-4H3,(H,25,29)(H,26,31)(H,27,30)(H,32,33). The van der Waals surface area contributed by atoms with E-state index in [1.807, 2.05) is 13.8 Å². The van der Waals surface area contributed by atoms with Gasteiger partial charge in [-0.05, 0) is 36.0 Å². The van der Waals surface area contributed by atoms with E-state index in [0.717, 1.165) is 0 Å². The first-order valence-electron chi connectivity index (χ1n) is 11.1. The molecule has 0 fully saturated rings. The number of carbonyl (C=O) groups is 4. The summed E-state index contributed by atoms with van der Waals surface area (Å²) in [7, 11) is 0. The van der Waals surface area contributed by atoms with Crippen LogP contribution in [0.1, 0.15) is 39.7 Å². The van der Waals surface area contributed by atoms with Crippen molar-refractivity contribution >= 4 is 36.3 Å². The molecule has 190 valence electrons. The lowest BCUT2D eigenvalue weighted by Gasteiger charge is -2.27. The van der Waals surface area contributed by atoms with Gasteiger partial charge in [0, 0.05) is 12.2 Å². The van der Waals surface area contributed by atoms with Crippen molar-refractivity contribution in [2.75, 3.05) is 5.75 Å². The topological polar surface area (TPSA) is 171 Å². The summed E-state index contributed by atoms with van der Waals surface area (Å²) in [6, 6.07) is 2.04. The summed E-state index contributed by atoms with van der Waals surface area (Å²) in [6.07, 6.45) is 0.518. The highest BCUT2D eigenvalue weighted by atomic mass is 32.1. The van der Waals surface area contributed by atoms with Crippen molar-refractivity contribution < 1.29 is 29.4 Å². The van der Waals surface area contributed by atoms with Gasteiger partial charge in [-0.15, -0.1) is 0 Å². The number of benzene rings is 1. The van der Waals surface area contributed by atoms with E-state index in [1.54, 1.807) is 26.0 Å². The van der Waals surface area contributed by atoms with Crippen molar-refractivity contribution in [3.63, 3.8) is 0 Å². The zero-order valence-electron chi connectivity index (χ0n) is 19.9. The van der Waals surface area contributed by atoms with Crippen molar-refractivity contribution in [2.24, 2.45) is 17.6 Å². The van der Waals surface area contributed by atoms with Gasteiger partial charge in [0.1, 0.15) is 23.9 Å². The number of thiol groups is 1. The average Bonchev–Trinajstić information content (AvgIpc) is 2.75. The summed E-state index contributed by atoms with van der Waals surface area (Å²) in [5, 5.41) is 26.4. The number of rotatable bonds is 13. The summed E-state index contributed by atoms with van der Waals surface area (Å²) in [4.78, 5) is 49.8. The van der Waals surface area contributed by atoms with Crippen LogP contribution in [-0.2, 0) is 25.6 Å². The number of hydrogen-bond donors (Lipinski definition) is 7. The van der Waals surface area contributed by atoms with Crippen LogP contribution in [0.15, 0.2) is 24.3 Å². The molecule has 34 heavy (non-hydrogen) atoms. The smallest absolute Gasteiger partial charge is 0.327 e. The van der Waals surface area contributed by atoms with Gasteiger partial charge >= 0.3 is 5.97 Å². The molecule has 0 aliphatic rings. The molecule has 0 heterocycles. The second-order valence-corrected chi connectivity index (χ2v) is 9.35. The summed E-state index contributed by atoms with van der Waals surface area (Å²) in [5.41, 5.74) is 6.64. The summed E-state index contributed by atoms with van der Waals surface area (Å²) in [5.74, 6) is -3.29. The molecule has 10 nitrogen and oxygen atoms in total. The van der Waals surface area contributed by atoms with Crippen LogP contribution in [0, 0.1) is 11.8 Å². The molecule has 0 radical (unpaired) electrons. The number of phenolic OH excluding ortho intramolecular Hbond substituents is 1. The van der Waals surface area contributed by atoms with E-state index in [4.69, 9.17) is 5.73 Å².